The molecule has 2 aromatic rings. The number of para-hydroxylation sites is 1. The molecule has 2 fully saturated rings. The molecule has 1 aliphatic carbocycles. The smallest absolute Gasteiger partial charge is 0.256 e. The Balaban J connectivity index is 0.00000256. The van der Waals surface area contributed by atoms with Crippen LogP contribution in [-0.4, -0.2) is 59.6 Å². The Labute approximate surface area is 186 Å². The highest BCUT2D eigenvalue weighted by molar-refractivity contribution is 6.08. The molecule has 0 spiro atoms. The standard InChI is InChI=1S/C24H35N3O2.ClH/c1-17-13-27(14-18(2)25(17)3)24(28)21-16-26(15-19-9-6-5-7-10-19)23-20(21)11-8-12-22(23)29-4;/h8,11-12,16-19H,5-7,9-10,13-15H2,1-4H3;1H. The third kappa shape index (κ3) is 4.33. The lowest BCUT2D eigenvalue weighted by molar-refractivity contribution is 0.0415. The molecular weight excluding hydrogens is 398 g/mol. The van der Waals surface area contributed by atoms with Crippen molar-refractivity contribution in [1.82, 2.24) is 14.4 Å². The highest BCUT2D eigenvalue weighted by Crippen LogP contribution is 2.34. The Morgan fingerprint density at radius 3 is 2.40 bits per heavy atom. The van der Waals surface area contributed by atoms with Gasteiger partial charge in [-0.25, -0.2) is 0 Å². The van der Waals surface area contributed by atoms with Crippen LogP contribution >= 0.6 is 12.4 Å². The van der Waals surface area contributed by atoms with Crippen LogP contribution in [0.2, 0.25) is 0 Å². The van der Waals surface area contributed by atoms with Crippen molar-refractivity contribution in [3.8, 4) is 5.75 Å². The van der Waals surface area contributed by atoms with E-state index in [-0.39, 0.29) is 18.3 Å². The number of hydrogen-bond donors (Lipinski definition) is 0. The maximum atomic E-state index is 13.6. The maximum Gasteiger partial charge on any atom is 0.256 e. The molecule has 2 aliphatic rings. The fourth-order valence-electron chi connectivity index (χ4n) is 5.19. The molecule has 0 bridgehead atoms. The highest BCUT2D eigenvalue weighted by Gasteiger charge is 2.31. The van der Waals surface area contributed by atoms with E-state index in [9.17, 15) is 4.79 Å². The van der Waals surface area contributed by atoms with E-state index in [1.807, 2.05) is 17.0 Å². The van der Waals surface area contributed by atoms with E-state index in [0.717, 1.165) is 41.9 Å². The lowest BCUT2D eigenvalue weighted by Crippen LogP contribution is -2.56. The number of nitrogens with zero attached hydrogens (tertiary/aromatic N) is 3. The van der Waals surface area contributed by atoms with Crippen molar-refractivity contribution in [2.75, 3.05) is 27.2 Å². The zero-order valence-corrected chi connectivity index (χ0v) is 19.6. The Morgan fingerprint density at radius 2 is 1.77 bits per heavy atom. The van der Waals surface area contributed by atoms with Crippen LogP contribution in [0.3, 0.4) is 0 Å². The number of benzene rings is 1. The zero-order chi connectivity index (χ0) is 20.5. The average molecular weight is 434 g/mol. The first-order valence-corrected chi connectivity index (χ1v) is 11.2. The van der Waals surface area contributed by atoms with Gasteiger partial charge in [0.05, 0.1) is 18.2 Å². The van der Waals surface area contributed by atoms with Crippen molar-refractivity contribution < 1.29 is 9.53 Å². The van der Waals surface area contributed by atoms with Gasteiger partial charge < -0.3 is 14.2 Å². The molecule has 1 aromatic carbocycles. The van der Waals surface area contributed by atoms with E-state index in [1.165, 1.54) is 32.1 Å². The third-order valence-electron chi connectivity index (χ3n) is 7.14. The first-order valence-electron chi connectivity index (χ1n) is 11.2. The molecule has 4 rings (SSSR count). The van der Waals surface area contributed by atoms with Crippen LogP contribution in [0.5, 0.6) is 5.75 Å². The lowest BCUT2D eigenvalue weighted by Gasteiger charge is -2.42. The van der Waals surface area contributed by atoms with Gasteiger partial charge in [-0.05, 0) is 45.7 Å². The monoisotopic (exact) mass is 433 g/mol. The van der Waals surface area contributed by atoms with Crippen molar-refractivity contribution in [2.45, 2.75) is 64.6 Å². The van der Waals surface area contributed by atoms with E-state index in [1.54, 1.807) is 7.11 Å². The third-order valence-corrected chi connectivity index (χ3v) is 7.14. The number of amides is 1. The van der Waals surface area contributed by atoms with Gasteiger partial charge in [0.15, 0.2) is 0 Å². The molecule has 0 radical (unpaired) electrons. The molecule has 1 amide bonds. The molecule has 5 nitrogen and oxygen atoms in total. The predicted octanol–water partition coefficient (Wildman–Crippen LogP) is 4.82. The molecule has 6 heteroatoms. The summed E-state index contributed by atoms with van der Waals surface area (Å²) in [5.74, 6) is 1.70. The van der Waals surface area contributed by atoms with Crippen molar-refractivity contribution in [3.05, 3.63) is 30.0 Å². The molecule has 1 aromatic heterocycles. The quantitative estimate of drug-likeness (QED) is 0.693. The van der Waals surface area contributed by atoms with Crippen LogP contribution in [0.25, 0.3) is 10.9 Å². The number of halogens is 1. The minimum atomic E-state index is 0. The summed E-state index contributed by atoms with van der Waals surface area (Å²) in [6.07, 6.45) is 8.67. The topological polar surface area (TPSA) is 37.7 Å². The van der Waals surface area contributed by atoms with E-state index in [4.69, 9.17) is 4.74 Å². The van der Waals surface area contributed by atoms with Crippen LogP contribution in [0.1, 0.15) is 56.3 Å². The van der Waals surface area contributed by atoms with E-state index >= 15 is 0 Å². The zero-order valence-electron chi connectivity index (χ0n) is 18.8. The molecule has 30 heavy (non-hydrogen) atoms. The van der Waals surface area contributed by atoms with E-state index < -0.39 is 0 Å². The van der Waals surface area contributed by atoms with Crippen molar-refractivity contribution in [2.24, 2.45) is 5.92 Å². The molecule has 1 saturated carbocycles. The van der Waals surface area contributed by atoms with E-state index in [0.29, 0.717) is 18.0 Å². The molecule has 1 saturated heterocycles. The summed E-state index contributed by atoms with van der Waals surface area (Å²) in [7, 11) is 3.87. The first-order chi connectivity index (χ1) is 14.0. The molecule has 2 unspecified atom stereocenters. The normalized spacial score (nSPS) is 23.4. The number of ether oxygens (including phenoxy) is 1. The fraction of sp³-hybridized carbons (Fsp3) is 0.625. The second-order valence-corrected chi connectivity index (χ2v) is 9.13. The number of carbonyl (C=O) groups excluding carboxylic acids is 1. The van der Waals surface area contributed by atoms with Gasteiger partial charge in [-0.15, -0.1) is 12.4 Å². The van der Waals surface area contributed by atoms with Gasteiger partial charge in [0.1, 0.15) is 5.75 Å². The van der Waals surface area contributed by atoms with Crippen molar-refractivity contribution in [1.29, 1.82) is 0 Å². The molecule has 166 valence electrons. The van der Waals surface area contributed by atoms with Gasteiger partial charge in [0.2, 0.25) is 0 Å². The number of methoxy groups -OCH3 is 1. The second kappa shape index (κ2) is 9.61. The summed E-state index contributed by atoms with van der Waals surface area (Å²) in [6, 6.07) is 6.82. The second-order valence-electron chi connectivity index (χ2n) is 9.13. The first kappa shape index (κ1) is 23.0. The van der Waals surface area contributed by atoms with Gasteiger partial charge in [-0.3, -0.25) is 9.69 Å². The minimum absolute atomic E-state index is 0. The average Bonchev–Trinajstić information content (AvgIpc) is 3.10. The predicted molar refractivity (Wildman–Crippen MR) is 125 cm³/mol. The largest absolute Gasteiger partial charge is 0.495 e. The van der Waals surface area contributed by atoms with Crippen LogP contribution in [0.15, 0.2) is 24.4 Å². The number of carbonyl (C=O) groups is 1. The summed E-state index contributed by atoms with van der Waals surface area (Å²) in [5.41, 5.74) is 1.89. The number of rotatable bonds is 4. The Hall–Kier alpha value is -1.72. The summed E-state index contributed by atoms with van der Waals surface area (Å²) in [6.45, 7) is 6.92. The summed E-state index contributed by atoms with van der Waals surface area (Å²) < 4.78 is 7.98. The fourth-order valence-corrected chi connectivity index (χ4v) is 5.19. The molecule has 0 N–H and O–H groups in total. The summed E-state index contributed by atoms with van der Waals surface area (Å²) in [5, 5.41) is 1.02. The van der Waals surface area contributed by atoms with Crippen LogP contribution < -0.4 is 4.74 Å². The van der Waals surface area contributed by atoms with Gasteiger partial charge >= 0.3 is 0 Å². The maximum absolute atomic E-state index is 13.6. The minimum Gasteiger partial charge on any atom is -0.495 e. The number of aromatic nitrogens is 1. The van der Waals surface area contributed by atoms with Gasteiger partial charge in [-0.2, -0.15) is 0 Å². The number of likely N-dealkylation sites (N-methyl/N-ethyl adjacent to an activating group) is 1. The van der Waals surface area contributed by atoms with Crippen LogP contribution in [0.4, 0.5) is 0 Å². The van der Waals surface area contributed by atoms with Crippen molar-refractivity contribution >= 4 is 29.2 Å². The van der Waals surface area contributed by atoms with Gasteiger partial charge in [0.25, 0.3) is 5.91 Å². The Kier molecular flexibility index (Phi) is 7.35. The summed E-state index contributed by atoms with van der Waals surface area (Å²) >= 11 is 0. The highest BCUT2D eigenvalue weighted by atomic mass is 35.5. The Bertz CT molecular complexity index is 863. The van der Waals surface area contributed by atoms with Gasteiger partial charge in [0, 0.05) is 43.3 Å². The molecule has 1 aliphatic heterocycles. The van der Waals surface area contributed by atoms with Crippen LogP contribution in [0, 0.1) is 5.92 Å². The number of fused-ring (bicyclic) bond motifs is 1. The van der Waals surface area contributed by atoms with Crippen molar-refractivity contribution in [3.63, 3.8) is 0 Å². The summed E-state index contributed by atoms with van der Waals surface area (Å²) in [4.78, 5) is 18.0. The number of piperazine rings is 1. The molecule has 2 heterocycles. The van der Waals surface area contributed by atoms with Gasteiger partial charge in [-0.1, -0.05) is 31.4 Å². The SMILES string of the molecule is COc1cccc2c(C(=O)N3CC(C)N(C)C(C)C3)cn(CC3CCCCC3)c12.Cl. The Morgan fingerprint density at radius 1 is 1.10 bits per heavy atom. The van der Waals surface area contributed by atoms with Crippen LogP contribution in [-0.2, 0) is 6.54 Å². The molecular formula is C24H36ClN3O2. The molecule has 2 atom stereocenters. The van der Waals surface area contributed by atoms with E-state index in [2.05, 4.69) is 42.6 Å². The lowest BCUT2D eigenvalue weighted by atomic mass is 9.89. The number of hydrogen-bond acceptors (Lipinski definition) is 3.